The van der Waals surface area contributed by atoms with Gasteiger partial charge in [-0.3, -0.25) is 4.79 Å². The number of rotatable bonds is 3. The Kier molecular flexibility index (Phi) is 4.28. The van der Waals surface area contributed by atoms with Crippen LogP contribution >= 0.6 is 0 Å². The van der Waals surface area contributed by atoms with E-state index in [1.54, 1.807) is 36.4 Å². The van der Waals surface area contributed by atoms with Gasteiger partial charge >= 0.3 is 0 Å². The molecule has 4 rings (SSSR count). The van der Waals surface area contributed by atoms with Crippen molar-refractivity contribution < 1.29 is 19.4 Å². The van der Waals surface area contributed by atoms with E-state index in [4.69, 9.17) is 0 Å². The van der Waals surface area contributed by atoms with Gasteiger partial charge in [0.15, 0.2) is 17.3 Å². The quantitative estimate of drug-likeness (QED) is 0.477. The van der Waals surface area contributed by atoms with Gasteiger partial charge in [-0.05, 0) is 55.0 Å². The molecule has 4 nitrogen and oxygen atoms in total. The molecule has 4 aromatic rings. The molecule has 2 N–H and O–H groups in total. The second-order valence-electron chi connectivity index (χ2n) is 6.53. The smallest absolute Gasteiger partial charge is 0.165 e. The molecule has 0 aliphatic carbocycles. The van der Waals surface area contributed by atoms with Crippen molar-refractivity contribution >= 4 is 16.7 Å². The number of halogens is 1. The van der Waals surface area contributed by atoms with Crippen LogP contribution in [0.2, 0.25) is 0 Å². The molecule has 0 amide bonds. The maximum atomic E-state index is 13.7. The van der Waals surface area contributed by atoms with E-state index in [9.17, 15) is 19.4 Å². The van der Waals surface area contributed by atoms with Crippen LogP contribution in [-0.2, 0) is 0 Å². The number of pyridine rings is 1. The number of carbonyl (C=O) groups is 1. The number of aromatic hydroxyl groups is 2. The zero-order valence-electron chi connectivity index (χ0n) is 15.0. The highest BCUT2D eigenvalue weighted by Crippen LogP contribution is 2.33. The molecule has 0 aliphatic heterocycles. The van der Waals surface area contributed by atoms with Gasteiger partial charge in [-0.1, -0.05) is 24.3 Å². The number of phenols is 2. The number of hydrogen-bond acceptors (Lipinski definition) is 4. The average Bonchev–Trinajstić information content (AvgIpc) is 2.69. The minimum atomic E-state index is -0.751. The van der Waals surface area contributed by atoms with Crippen LogP contribution in [0.3, 0.4) is 0 Å². The Morgan fingerprint density at radius 3 is 2.36 bits per heavy atom. The molecule has 3 aromatic carbocycles. The number of ketones is 1. The number of nitrogens with zero attached hydrogens (tertiary/aromatic N) is 1. The Labute approximate surface area is 160 Å². The van der Waals surface area contributed by atoms with E-state index in [-0.39, 0.29) is 11.5 Å². The van der Waals surface area contributed by atoms with E-state index in [0.29, 0.717) is 33.3 Å². The molecule has 0 saturated carbocycles. The van der Waals surface area contributed by atoms with Gasteiger partial charge in [-0.2, -0.15) is 0 Å². The van der Waals surface area contributed by atoms with Crippen molar-refractivity contribution in [2.24, 2.45) is 0 Å². The summed E-state index contributed by atoms with van der Waals surface area (Å²) in [6, 6.07) is 18.0. The Morgan fingerprint density at radius 1 is 0.893 bits per heavy atom. The first kappa shape index (κ1) is 17.7. The number of fused-ring (bicyclic) bond motifs is 1. The summed E-state index contributed by atoms with van der Waals surface area (Å²) >= 11 is 0. The monoisotopic (exact) mass is 373 g/mol. The van der Waals surface area contributed by atoms with Gasteiger partial charge in [-0.15, -0.1) is 0 Å². The van der Waals surface area contributed by atoms with Gasteiger partial charge < -0.3 is 10.2 Å². The number of aromatic nitrogens is 1. The van der Waals surface area contributed by atoms with E-state index in [1.165, 1.54) is 19.1 Å². The Bertz CT molecular complexity index is 1230. The lowest BCUT2D eigenvalue weighted by molar-refractivity contribution is 0.101. The first-order valence-corrected chi connectivity index (χ1v) is 8.67. The van der Waals surface area contributed by atoms with Crippen molar-refractivity contribution in [3.8, 4) is 33.9 Å². The van der Waals surface area contributed by atoms with Crippen LogP contribution in [0.25, 0.3) is 33.3 Å². The number of benzene rings is 3. The summed E-state index contributed by atoms with van der Waals surface area (Å²) in [5, 5.41) is 20.2. The zero-order chi connectivity index (χ0) is 19.8. The van der Waals surface area contributed by atoms with Crippen LogP contribution < -0.4 is 0 Å². The SMILES string of the molecule is CC(=O)c1cc(-c2ccc(O)c(F)c2)nc2ccc(-c3ccccc3O)cc12. The largest absolute Gasteiger partial charge is 0.507 e. The summed E-state index contributed by atoms with van der Waals surface area (Å²) < 4.78 is 13.7. The summed E-state index contributed by atoms with van der Waals surface area (Å²) in [4.78, 5) is 16.8. The predicted molar refractivity (Wildman–Crippen MR) is 106 cm³/mol. The number of Topliss-reactive ketones (excluding diaryl/α,β-unsaturated/α-hetero) is 1. The lowest BCUT2D eigenvalue weighted by Crippen LogP contribution is -1.98. The third-order valence-corrected chi connectivity index (χ3v) is 4.65. The molecule has 0 unspecified atom stereocenters. The fourth-order valence-corrected chi connectivity index (χ4v) is 3.22. The highest BCUT2D eigenvalue weighted by Gasteiger charge is 2.14. The van der Waals surface area contributed by atoms with Crippen molar-refractivity contribution in [1.82, 2.24) is 4.98 Å². The second-order valence-corrected chi connectivity index (χ2v) is 6.53. The summed E-state index contributed by atoms with van der Waals surface area (Å²) in [6.45, 7) is 1.46. The Morgan fingerprint density at radius 2 is 1.64 bits per heavy atom. The van der Waals surface area contributed by atoms with Crippen LogP contribution in [-0.4, -0.2) is 21.0 Å². The molecule has 138 valence electrons. The number of carbonyl (C=O) groups excluding carboxylic acids is 1. The topological polar surface area (TPSA) is 70.4 Å². The lowest BCUT2D eigenvalue weighted by atomic mass is 9.97. The molecule has 0 spiro atoms. The molecule has 0 fully saturated rings. The first-order valence-electron chi connectivity index (χ1n) is 8.67. The van der Waals surface area contributed by atoms with Gasteiger partial charge in [0.1, 0.15) is 5.75 Å². The van der Waals surface area contributed by atoms with Gasteiger partial charge in [0, 0.05) is 22.1 Å². The minimum Gasteiger partial charge on any atom is -0.507 e. The van der Waals surface area contributed by atoms with E-state index < -0.39 is 11.6 Å². The van der Waals surface area contributed by atoms with E-state index in [2.05, 4.69) is 4.98 Å². The minimum absolute atomic E-state index is 0.148. The van der Waals surface area contributed by atoms with Crippen molar-refractivity contribution in [1.29, 1.82) is 0 Å². The third kappa shape index (κ3) is 3.07. The molecule has 1 aromatic heterocycles. The lowest BCUT2D eigenvalue weighted by Gasteiger charge is -2.11. The van der Waals surface area contributed by atoms with Crippen molar-refractivity contribution in [3.05, 3.63) is 78.1 Å². The Hall–Kier alpha value is -3.73. The van der Waals surface area contributed by atoms with Crippen LogP contribution in [0.15, 0.2) is 66.7 Å². The molecule has 0 aliphatic rings. The van der Waals surface area contributed by atoms with E-state index in [1.807, 2.05) is 18.2 Å². The van der Waals surface area contributed by atoms with E-state index >= 15 is 0 Å². The molecule has 28 heavy (non-hydrogen) atoms. The summed E-state index contributed by atoms with van der Waals surface area (Å²) in [5.41, 5.74) is 3.35. The Balaban J connectivity index is 1.93. The number of hydrogen-bond donors (Lipinski definition) is 2. The highest BCUT2D eigenvalue weighted by atomic mass is 19.1. The highest BCUT2D eigenvalue weighted by molar-refractivity contribution is 6.08. The van der Waals surface area contributed by atoms with Crippen molar-refractivity contribution in [3.63, 3.8) is 0 Å². The molecule has 0 bridgehead atoms. The molecule has 5 heteroatoms. The first-order chi connectivity index (χ1) is 13.4. The molecule has 0 atom stereocenters. The maximum Gasteiger partial charge on any atom is 0.165 e. The van der Waals surface area contributed by atoms with Gasteiger partial charge in [0.25, 0.3) is 0 Å². The van der Waals surface area contributed by atoms with Gasteiger partial charge in [0.2, 0.25) is 0 Å². The number of phenolic OH excluding ortho intramolecular Hbond substituents is 2. The molecule has 0 saturated heterocycles. The van der Waals surface area contributed by atoms with E-state index in [0.717, 1.165) is 5.56 Å². The molecule has 1 heterocycles. The zero-order valence-corrected chi connectivity index (χ0v) is 15.0. The normalized spacial score (nSPS) is 10.9. The maximum absolute atomic E-state index is 13.7. The predicted octanol–water partition coefficient (Wildman–Crippen LogP) is 5.32. The number of para-hydroxylation sites is 1. The summed E-state index contributed by atoms with van der Waals surface area (Å²) in [5.74, 6) is -1.19. The second kappa shape index (κ2) is 6.78. The van der Waals surface area contributed by atoms with Crippen LogP contribution in [0.4, 0.5) is 4.39 Å². The third-order valence-electron chi connectivity index (χ3n) is 4.65. The van der Waals surface area contributed by atoms with Crippen LogP contribution in [0, 0.1) is 5.82 Å². The average molecular weight is 373 g/mol. The van der Waals surface area contributed by atoms with Crippen LogP contribution in [0.1, 0.15) is 17.3 Å². The summed E-state index contributed by atoms with van der Waals surface area (Å²) in [7, 11) is 0. The molecular formula is C23H16FNO3. The van der Waals surface area contributed by atoms with Crippen molar-refractivity contribution in [2.75, 3.05) is 0 Å². The standard InChI is InChI=1S/C23H16FNO3/c1-13(26)17-12-21(15-7-9-23(28)19(24)11-15)25-20-8-6-14(10-18(17)20)16-4-2-3-5-22(16)27/h2-12,27-28H,1H3. The molecule has 0 radical (unpaired) electrons. The van der Waals surface area contributed by atoms with Gasteiger partial charge in [-0.25, -0.2) is 9.37 Å². The molecular weight excluding hydrogens is 357 g/mol. The summed E-state index contributed by atoms with van der Waals surface area (Å²) in [6.07, 6.45) is 0. The fraction of sp³-hybridized carbons (Fsp3) is 0.0435. The van der Waals surface area contributed by atoms with Crippen LogP contribution in [0.5, 0.6) is 11.5 Å². The van der Waals surface area contributed by atoms with Gasteiger partial charge in [0.05, 0.1) is 11.2 Å². The van der Waals surface area contributed by atoms with Crippen molar-refractivity contribution in [2.45, 2.75) is 6.92 Å². The fourth-order valence-electron chi connectivity index (χ4n) is 3.22.